The van der Waals surface area contributed by atoms with Gasteiger partial charge >= 0.3 is 11.9 Å². The van der Waals surface area contributed by atoms with Gasteiger partial charge in [-0.15, -0.1) is 0 Å². The molecule has 1 fully saturated rings. The molecule has 0 saturated carbocycles. The molecule has 4 rings (SSSR count). The third-order valence-electron chi connectivity index (χ3n) is 6.51. The molecule has 10 heteroatoms. The summed E-state index contributed by atoms with van der Waals surface area (Å²) in [6.07, 6.45) is 4.52. The number of aliphatic hydroxyl groups excluding tert-OH is 1. The molecule has 1 aromatic heterocycles. The van der Waals surface area contributed by atoms with Crippen LogP contribution in [0.5, 0.6) is 11.5 Å². The van der Waals surface area contributed by atoms with Crippen molar-refractivity contribution in [3.8, 4) is 11.5 Å². The largest absolute Gasteiger partial charge is 0.507 e. The number of ketones is 1. The number of thiazole rings is 1. The highest BCUT2D eigenvalue weighted by molar-refractivity contribution is 7.17. The molecular formula is C31H32N2O7S. The molecule has 1 aliphatic rings. The maximum Gasteiger partial charge on any atom is 0.350 e. The van der Waals surface area contributed by atoms with Gasteiger partial charge in [-0.05, 0) is 43.2 Å². The summed E-state index contributed by atoms with van der Waals surface area (Å²) < 4.78 is 16.3. The number of unbranched alkanes of at least 4 members (excludes halogenated alkanes) is 2. The first kappa shape index (κ1) is 29.5. The second-order valence-electron chi connectivity index (χ2n) is 9.32. The zero-order valence-electron chi connectivity index (χ0n) is 23.2. The Hall–Kier alpha value is -4.44. The van der Waals surface area contributed by atoms with E-state index >= 15 is 0 Å². The van der Waals surface area contributed by atoms with Crippen LogP contribution in [0.25, 0.3) is 5.76 Å². The topological polar surface area (TPSA) is 115 Å². The van der Waals surface area contributed by atoms with Crippen LogP contribution in [0.1, 0.15) is 58.7 Å². The van der Waals surface area contributed by atoms with Gasteiger partial charge in [0.25, 0.3) is 5.78 Å². The molecule has 0 radical (unpaired) electrons. The van der Waals surface area contributed by atoms with Crippen LogP contribution in [0.15, 0.2) is 66.8 Å². The van der Waals surface area contributed by atoms with Crippen molar-refractivity contribution in [3.05, 3.63) is 88.5 Å². The normalized spacial score (nSPS) is 16.1. The lowest BCUT2D eigenvalue weighted by molar-refractivity contribution is -0.132. The van der Waals surface area contributed by atoms with Crippen LogP contribution < -0.4 is 14.4 Å². The van der Waals surface area contributed by atoms with Crippen LogP contribution >= 0.6 is 11.3 Å². The predicted molar refractivity (Wildman–Crippen MR) is 157 cm³/mol. The summed E-state index contributed by atoms with van der Waals surface area (Å²) in [7, 11) is 1.49. The zero-order valence-corrected chi connectivity index (χ0v) is 24.0. The zero-order chi connectivity index (χ0) is 29.5. The molecule has 1 N–H and O–H groups in total. The number of aromatic nitrogens is 1. The molecule has 1 atom stereocenters. The van der Waals surface area contributed by atoms with Gasteiger partial charge in [-0.1, -0.05) is 68.0 Å². The first-order valence-electron chi connectivity index (χ1n) is 13.2. The Bertz CT molecular complexity index is 1480. The summed E-state index contributed by atoms with van der Waals surface area (Å²) >= 11 is 0.938. The van der Waals surface area contributed by atoms with E-state index in [1.807, 2.05) is 0 Å². The molecule has 9 nitrogen and oxygen atoms in total. The number of aliphatic hydroxyl groups is 1. The quantitative estimate of drug-likeness (QED) is 0.0697. The van der Waals surface area contributed by atoms with E-state index in [0.29, 0.717) is 34.9 Å². The maximum absolute atomic E-state index is 13.5. The Morgan fingerprint density at radius 2 is 1.90 bits per heavy atom. The molecule has 0 aliphatic carbocycles. The Balaban J connectivity index is 1.80. The summed E-state index contributed by atoms with van der Waals surface area (Å²) in [5, 5.41) is 11.5. The lowest BCUT2D eigenvalue weighted by atomic mass is 9.95. The number of methoxy groups -OCH3 is 1. The van der Waals surface area contributed by atoms with Gasteiger partial charge in [-0.3, -0.25) is 14.5 Å². The highest BCUT2D eigenvalue weighted by Gasteiger charge is 2.48. The minimum Gasteiger partial charge on any atom is -0.507 e. The van der Waals surface area contributed by atoms with Gasteiger partial charge in [0.2, 0.25) is 0 Å². The number of esters is 1. The van der Waals surface area contributed by atoms with E-state index in [-0.39, 0.29) is 27.9 Å². The second-order valence-corrected chi connectivity index (χ2v) is 10.3. The molecule has 214 valence electrons. The van der Waals surface area contributed by atoms with Crippen molar-refractivity contribution in [1.29, 1.82) is 0 Å². The molecule has 41 heavy (non-hydrogen) atoms. The molecule has 1 aliphatic heterocycles. The number of ether oxygens (including phenoxy) is 3. The van der Waals surface area contributed by atoms with E-state index in [2.05, 4.69) is 18.5 Å². The van der Waals surface area contributed by atoms with Crippen molar-refractivity contribution in [1.82, 2.24) is 4.98 Å². The highest BCUT2D eigenvalue weighted by atomic mass is 32.1. The van der Waals surface area contributed by atoms with Crippen molar-refractivity contribution in [2.24, 2.45) is 0 Å². The van der Waals surface area contributed by atoms with Crippen molar-refractivity contribution < 1.29 is 33.7 Å². The Labute approximate surface area is 242 Å². The third-order valence-corrected chi connectivity index (χ3v) is 7.65. The van der Waals surface area contributed by atoms with Crippen molar-refractivity contribution in [3.63, 3.8) is 0 Å². The van der Waals surface area contributed by atoms with Gasteiger partial charge in [-0.2, -0.15) is 0 Å². The number of Topliss-reactive ketones (excluding diaryl/α,β-unsaturated/α-hetero) is 1. The standard InChI is InChI=1S/C31H32N2O7S/c1-5-7-8-17-39-22-14-12-20(13-15-22)25-24(26(34)21-10-9-11-23(18-21)38-4)27(35)29(36)33(25)31-32-19(3)28(41-31)30(37)40-16-6-2/h6,9-15,18,25,34H,2,5,7-8,16-17H2,1,3-4H3/b26-24+. The second kappa shape index (κ2) is 13.3. The van der Waals surface area contributed by atoms with Gasteiger partial charge in [0.05, 0.1) is 31.0 Å². The van der Waals surface area contributed by atoms with E-state index in [1.54, 1.807) is 55.5 Å². The van der Waals surface area contributed by atoms with E-state index in [9.17, 15) is 19.5 Å². The number of nitrogens with zero attached hydrogens (tertiary/aromatic N) is 2. The van der Waals surface area contributed by atoms with Gasteiger partial charge < -0.3 is 19.3 Å². The molecule has 0 bridgehead atoms. The van der Waals surface area contributed by atoms with Crippen molar-refractivity contribution in [2.75, 3.05) is 25.2 Å². The molecule has 1 amide bonds. The van der Waals surface area contributed by atoms with Crippen LogP contribution in [0.4, 0.5) is 5.13 Å². The molecular weight excluding hydrogens is 544 g/mol. The van der Waals surface area contributed by atoms with Crippen LogP contribution in [0.3, 0.4) is 0 Å². The Morgan fingerprint density at radius 1 is 1.15 bits per heavy atom. The summed E-state index contributed by atoms with van der Waals surface area (Å²) in [6, 6.07) is 12.6. The van der Waals surface area contributed by atoms with Gasteiger partial charge in [0.1, 0.15) is 28.7 Å². The maximum atomic E-state index is 13.5. The van der Waals surface area contributed by atoms with Crippen LogP contribution in [-0.4, -0.2) is 48.1 Å². The first-order valence-corrected chi connectivity index (χ1v) is 14.1. The fourth-order valence-electron chi connectivity index (χ4n) is 4.43. The Morgan fingerprint density at radius 3 is 2.59 bits per heavy atom. The number of carbonyl (C=O) groups excluding carboxylic acids is 3. The summed E-state index contributed by atoms with van der Waals surface area (Å²) in [5.41, 5.74) is 1.11. The molecule has 1 unspecified atom stereocenters. The lowest BCUT2D eigenvalue weighted by Crippen LogP contribution is -2.29. The third kappa shape index (κ3) is 6.33. The summed E-state index contributed by atoms with van der Waals surface area (Å²) in [6.45, 7) is 7.88. The SMILES string of the molecule is C=CCOC(=O)c1sc(N2C(=O)C(=O)/C(=C(/O)c3cccc(OC)c3)C2c2ccc(OCCCCC)cc2)nc1C. The number of hydrogen-bond donors (Lipinski definition) is 1. The average Bonchev–Trinajstić information content (AvgIpc) is 3.50. The van der Waals surface area contributed by atoms with Crippen LogP contribution in [0, 0.1) is 6.92 Å². The minimum absolute atomic E-state index is 0.0173. The number of hydrogen-bond acceptors (Lipinski definition) is 9. The van der Waals surface area contributed by atoms with Crippen molar-refractivity contribution in [2.45, 2.75) is 39.2 Å². The summed E-state index contributed by atoms with van der Waals surface area (Å²) in [5.74, 6) is -1.60. The van der Waals surface area contributed by atoms with Gasteiger partial charge in [-0.25, -0.2) is 9.78 Å². The van der Waals surface area contributed by atoms with E-state index < -0.39 is 23.7 Å². The monoisotopic (exact) mass is 576 g/mol. The number of anilines is 1. The van der Waals surface area contributed by atoms with Gasteiger partial charge in [0, 0.05) is 5.56 Å². The van der Waals surface area contributed by atoms with E-state index in [4.69, 9.17) is 14.2 Å². The van der Waals surface area contributed by atoms with Crippen LogP contribution in [-0.2, 0) is 14.3 Å². The molecule has 0 spiro atoms. The fraction of sp³-hybridized carbons (Fsp3) is 0.290. The smallest absolute Gasteiger partial charge is 0.350 e. The lowest BCUT2D eigenvalue weighted by Gasteiger charge is -2.23. The molecule has 2 aromatic carbocycles. The van der Waals surface area contributed by atoms with E-state index in [0.717, 1.165) is 30.6 Å². The number of benzene rings is 2. The first-order chi connectivity index (χ1) is 19.8. The predicted octanol–water partition coefficient (Wildman–Crippen LogP) is 6.00. The number of amides is 1. The highest BCUT2D eigenvalue weighted by Crippen LogP contribution is 2.44. The molecule has 3 aromatic rings. The fourth-order valence-corrected chi connectivity index (χ4v) is 5.42. The summed E-state index contributed by atoms with van der Waals surface area (Å²) in [4.78, 5) is 45.4. The van der Waals surface area contributed by atoms with Gasteiger partial charge in [0.15, 0.2) is 5.13 Å². The van der Waals surface area contributed by atoms with Crippen molar-refractivity contribution >= 4 is 39.9 Å². The average molecular weight is 577 g/mol. The minimum atomic E-state index is -1.02. The number of aryl methyl sites for hydroxylation is 1. The number of rotatable bonds is 12. The van der Waals surface area contributed by atoms with E-state index in [1.165, 1.54) is 18.1 Å². The Kier molecular flexibility index (Phi) is 9.57. The molecule has 2 heterocycles. The molecule has 1 saturated heterocycles. The number of carbonyl (C=O) groups is 3. The van der Waals surface area contributed by atoms with Crippen LogP contribution in [0.2, 0.25) is 0 Å².